The van der Waals surface area contributed by atoms with Crippen molar-refractivity contribution in [3.63, 3.8) is 0 Å². The maximum absolute atomic E-state index is 14.2. The summed E-state index contributed by atoms with van der Waals surface area (Å²) in [5.41, 5.74) is 2.69. The van der Waals surface area contributed by atoms with Crippen LogP contribution in [0.3, 0.4) is 0 Å². The second-order valence-electron chi connectivity index (χ2n) is 11.7. The Morgan fingerprint density at radius 2 is 1.60 bits per heavy atom. The van der Waals surface area contributed by atoms with Gasteiger partial charge in [-0.05, 0) is 54.2 Å². The summed E-state index contributed by atoms with van der Waals surface area (Å²) < 4.78 is 5.53. The Hall–Kier alpha value is -4.74. The minimum Gasteiger partial charge on any atom is -0.481 e. The Morgan fingerprint density at radius 3 is 2.21 bits per heavy atom. The van der Waals surface area contributed by atoms with Gasteiger partial charge in [0.1, 0.15) is 17.6 Å². The third kappa shape index (κ3) is 7.81. The maximum Gasteiger partial charge on any atom is 0.305 e. The standard InChI is InChI=1S/C34H32Cl2N4O7/c1-18(2)29(39-32(45)19-8-4-3-5-9-19)34(46)40(23-12-20-10-6-7-11-21(20)13-23)17-27(41)37-25(16-28(42)43)30(44)33-38-26-15-22(35)14-24(36)31(26)47-33/h3-11,14-15,18,23,25,29H,12-13,16-17H2,1-2H3,(H,37,41)(H,39,45)(H,42,43)/t25-,29-/m0/s1. The number of hydrogen-bond donors (Lipinski definition) is 3. The van der Waals surface area contributed by atoms with Gasteiger partial charge >= 0.3 is 5.97 Å². The van der Waals surface area contributed by atoms with Crippen LogP contribution in [0.2, 0.25) is 10.0 Å². The highest BCUT2D eigenvalue weighted by Crippen LogP contribution is 2.29. The summed E-state index contributed by atoms with van der Waals surface area (Å²) in [6, 6.07) is 16.0. The van der Waals surface area contributed by atoms with Crippen LogP contribution in [0.5, 0.6) is 0 Å². The van der Waals surface area contributed by atoms with Crippen LogP contribution in [-0.4, -0.2) is 69.1 Å². The molecule has 5 rings (SSSR count). The molecule has 244 valence electrons. The summed E-state index contributed by atoms with van der Waals surface area (Å²) in [7, 11) is 0. The van der Waals surface area contributed by atoms with Crippen molar-refractivity contribution in [2.75, 3.05) is 6.54 Å². The van der Waals surface area contributed by atoms with Gasteiger partial charge in [0, 0.05) is 16.6 Å². The second kappa shape index (κ2) is 14.4. The first-order chi connectivity index (χ1) is 22.4. The largest absolute Gasteiger partial charge is 0.481 e. The predicted molar refractivity (Wildman–Crippen MR) is 174 cm³/mol. The first-order valence-electron chi connectivity index (χ1n) is 15.0. The number of nitrogens with zero attached hydrogens (tertiary/aromatic N) is 2. The van der Waals surface area contributed by atoms with Gasteiger partial charge in [-0.3, -0.25) is 24.0 Å². The van der Waals surface area contributed by atoms with Gasteiger partial charge in [-0.2, -0.15) is 0 Å². The summed E-state index contributed by atoms with van der Waals surface area (Å²) >= 11 is 12.2. The van der Waals surface area contributed by atoms with E-state index in [4.69, 9.17) is 27.6 Å². The molecule has 4 aromatic rings. The van der Waals surface area contributed by atoms with Crippen molar-refractivity contribution >= 4 is 63.8 Å². The summed E-state index contributed by atoms with van der Waals surface area (Å²) in [6.45, 7) is 3.08. The molecule has 1 heterocycles. The number of carbonyl (C=O) groups is 5. The number of carboxylic acid groups (broad SMARTS) is 1. The van der Waals surface area contributed by atoms with Crippen molar-refractivity contribution in [1.82, 2.24) is 20.5 Å². The SMILES string of the molecule is CC(C)[C@H](NC(=O)c1ccccc1)C(=O)N(CC(=O)N[C@@H](CC(=O)O)C(=O)c1nc2cc(Cl)cc(Cl)c2o1)C1Cc2ccccc2C1. The zero-order chi connectivity index (χ0) is 33.8. The van der Waals surface area contributed by atoms with Crippen LogP contribution in [0, 0.1) is 5.92 Å². The third-order valence-electron chi connectivity index (χ3n) is 7.97. The van der Waals surface area contributed by atoms with Crippen LogP contribution in [0.15, 0.2) is 71.1 Å². The Labute approximate surface area is 280 Å². The number of carboxylic acids is 1. The molecule has 0 bridgehead atoms. The lowest BCUT2D eigenvalue weighted by Gasteiger charge is -2.34. The number of nitrogens with one attached hydrogen (secondary N) is 2. The molecule has 1 aliphatic carbocycles. The molecular formula is C34H32Cl2N4O7. The average Bonchev–Trinajstić information content (AvgIpc) is 3.66. The van der Waals surface area contributed by atoms with Crippen LogP contribution in [0.25, 0.3) is 11.1 Å². The van der Waals surface area contributed by atoms with E-state index in [9.17, 15) is 29.1 Å². The van der Waals surface area contributed by atoms with Crippen LogP contribution in [0.4, 0.5) is 0 Å². The van der Waals surface area contributed by atoms with E-state index in [0.717, 1.165) is 11.1 Å². The summed E-state index contributed by atoms with van der Waals surface area (Å²) in [5, 5.41) is 15.2. The van der Waals surface area contributed by atoms with Gasteiger partial charge in [-0.15, -0.1) is 0 Å². The number of aliphatic carboxylic acids is 1. The molecule has 3 amide bonds. The highest BCUT2D eigenvalue weighted by Gasteiger charge is 2.38. The van der Waals surface area contributed by atoms with Crippen LogP contribution >= 0.6 is 23.2 Å². The number of ketones is 1. The van der Waals surface area contributed by atoms with E-state index in [1.54, 1.807) is 44.2 Å². The quantitative estimate of drug-likeness (QED) is 0.181. The van der Waals surface area contributed by atoms with Crippen LogP contribution in [-0.2, 0) is 27.2 Å². The molecule has 2 atom stereocenters. The smallest absolute Gasteiger partial charge is 0.305 e. The highest BCUT2D eigenvalue weighted by molar-refractivity contribution is 6.38. The van der Waals surface area contributed by atoms with Gasteiger partial charge < -0.3 is 25.1 Å². The van der Waals surface area contributed by atoms with Crippen molar-refractivity contribution in [3.8, 4) is 0 Å². The second-order valence-corrected chi connectivity index (χ2v) is 12.5. The monoisotopic (exact) mass is 678 g/mol. The lowest BCUT2D eigenvalue weighted by Crippen LogP contribution is -2.57. The topological polar surface area (TPSA) is 159 Å². The Bertz CT molecular complexity index is 1820. The number of halogens is 2. The first-order valence-corrected chi connectivity index (χ1v) is 15.7. The van der Waals surface area contributed by atoms with Gasteiger partial charge in [0.15, 0.2) is 5.58 Å². The third-order valence-corrected chi connectivity index (χ3v) is 8.47. The predicted octanol–water partition coefficient (Wildman–Crippen LogP) is 4.73. The van der Waals surface area contributed by atoms with Crippen LogP contribution in [0.1, 0.15) is 52.4 Å². The molecule has 0 unspecified atom stereocenters. The average molecular weight is 680 g/mol. The molecule has 13 heteroatoms. The molecule has 1 aromatic heterocycles. The van der Waals surface area contributed by atoms with Crippen molar-refractivity contribution in [1.29, 1.82) is 0 Å². The number of Topliss-reactive ketones (excluding diaryl/α,β-unsaturated/α-hetero) is 1. The number of aromatic nitrogens is 1. The maximum atomic E-state index is 14.2. The van der Waals surface area contributed by atoms with E-state index < -0.39 is 66.5 Å². The zero-order valence-corrected chi connectivity index (χ0v) is 27.0. The molecule has 0 fully saturated rings. The number of oxazole rings is 1. The van der Waals surface area contributed by atoms with Gasteiger partial charge in [0.2, 0.25) is 17.6 Å². The number of fused-ring (bicyclic) bond motifs is 2. The van der Waals surface area contributed by atoms with E-state index in [0.29, 0.717) is 18.4 Å². The zero-order valence-electron chi connectivity index (χ0n) is 25.5. The molecule has 1 aliphatic rings. The van der Waals surface area contributed by atoms with Crippen molar-refractivity contribution in [2.24, 2.45) is 5.92 Å². The molecule has 3 aromatic carbocycles. The Balaban J connectivity index is 1.40. The number of carbonyl (C=O) groups excluding carboxylic acids is 4. The molecule has 0 spiro atoms. The molecule has 11 nitrogen and oxygen atoms in total. The minimum absolute atomic E-state index is 0.0784. The van der Waals surface area contributed by atoms with Crippen LogP contribution < -0.4 is 10.6 Å². The lowest BCUT2D eigenvalue weighted by atomic mass is 10.00. The van der Waals surface area contributed by atoms with E-state index in [-0.39, 0.29) is 27.1 Å². The molecule has 0 radical (unpaired) electrons. The minimum atomic E-state index is -1.57. The first kappa shape index (κ1) is 33.6. The highest BCUT2D eigenvalue weighted by atomic mass is 35.5. The van der Waals surface area contributed by atoms with Crippen molar-refractivity contribution in [2.45, 2.75) is 51.2 Å². The molecule has 47 heavy (non-hydrogen) atoms. The lowest BCUT2D eigenvalue weighted by molar-refractivity contribution is -0.141. The number of benzene rings is 3. The Morgan fingerprint density at radius 1 is 0.957 bits per heavy atom. The summed E-state index contributed by atoms with van der Waals surface area (Å²) in [4.78, 5) is 71.6. The summed E-state index contributed by atoms with van der Waals surface area (Å²) in [6.07, 6.45) is 0.162. The number of amides is 3. The molecule has 3 N–H and O–H groups in total. The van der Waals surface area contributed by atoms with Gasteiger partial charge in [0.25, 0.3) is 11.8 Å². The fourth-order valence-corrected chi connectivity index (χ4v) is 6.16. The van der Waals surface area contributed by atoms with E-state index >= 15 is 0 Å². The van der Waals surface area contributed by atoms with Crippen molar-refractivity contribution in [3.05, 3.63) is 99.4 Å². The van der Waals surface area contributed by atoms with Gasteiger partial charge in [-0.25, -0.2) is 4.98 Å². The fourth-order valence-electron chi connectivity index (χ4n) is 5.64. The van der Waals surface area contributed by atoms with Gasteiger partial charge in [-0.1, -0.05) is 79.5 Å². The molecule has 0 saturated carbocycles. The Kier molecular flexibility index (Phi) is 10.3. The van der Waals surface area contributed by atoms with E-state index in [1.807, 2.05) is 24.3 Å². The summed E-state index contributed by atoms with van der Waals surface area (Å²) in [5.74, 6) is -4.76. The molecular weight excluding hydrogens is 647 g/mol. The van der Waals surface area contributed by atoms with E-state index in [1.165, 1.54) is 17.0 Å². The number of hydrogen-bond acceptors (Lipinski definition) is 7. The van der Waals surface area contributed by atoms with Crippen molar-refractivity contribution < 1.29 is 33.5 Å². The number of rotatable bonds is 12. The fraction of sp³-hybridized carbons (Fsp3) is 0.294. The molecule has 0 aliphatic heterocycles. The van der Waals surface area contributed by atoms with Gasteiger partial charge in [0.05, 0.1) is 18.0 Å². The van der Waals surface area contributed by atoms with E-state index in [2.05, 4.69) is 15.6 Å². The molecule has 0 saturated heterocycles. The normalized spacial score (nSPS) is 14.0.